The summed E-state index contributed by atoms with van der Waals surface area (Å²) in [5, 5.41) is 0. The molecular weight excluding hydrogens is 945 g/mol. The summed E-state index contributed by atoms with van der Waals surface area (Å²) in [6.07, 6.45) is -6.66. The van der Waals surface area contributed by atoms with Gasteiger partial charge in [0.05, 0.1) is 66.1 Å². The smallest absolute Gasteiger partial charge is 0.187 e. The van der Waals surface area contributed by atoms with E-state index in [-0.39, 0.29) is 52.9 Å². The molecular formula is C64H68O11. The van der Waals surface area contributed by atoms with E-state index in [4.69, 9.17) is 52.1 Å². The molecule has 0 spiro atoms. The van der Waals surface area contributed by atoms with Crippen LogP contribution in [-0.4, -0.2) is 81.2 Å². The van der Waals surface area contributed by atoms with Crippen molar-refractivity contribution in [3.8, 4) is 0 Å². The third-order valence-corrected chi connectivity index (χ3v) is 13.1. The molecule has 10 atom stereocenters. The molecule has 390 valence electrons. The highest BCUT2D eigenvalue weighted by Gasteiger charge is 2.54. The lowest BCUT2D eigenvalue weighted by atomic mass is 9.95. The topological polar surface area (TPSA) is 102 Å². The van der Waals surface area contributed by atoms with Gasteiger partial charge in [0, 0.05) is 0 Å². The van der Waals surface area contributed by atoms with Crippen molar-refractivity contribution in [1.82, 2.24) is 0 Å². The Labute approximate surface area is 441 Å². The Bertz CT molecular complexity index is 2630. The maximum Gasteiger partial charge on any atom is 0.187 e. The SMILES string of the molecule is C=CCOC1O[C@H](COCc2ccccc2)[C@@H](O[C@@H]2O[C@H](COCc3ccccc3)[C@@H](OCc3ccccc3)[C@H](OCc3ccccc3)[C@H]2OCc2ccccc2)[C@H](OCc2ccccc2)[C@H]1OCc1ccccc1. The van der Waals surface area contributed by atoms with Crippen LogP contribution in [0, 0.1) is 0 Å². The zero-order valence-corrected chi connectivity index (χ0v) is 42.3. The van der Waals surface area contributed by atoms with Gasteiger partial charge in [-0.3, -0.25) is 0 Å². The molecule has 2 saturated heterocycles. The van der Waals surface area contributed by atoms with E-state index in [1.807, 2.05) is 212 Å². The van der Waals surface area contributed by atoms with Gasteiger partial charge in [0.2, 0.25) is 0 Å². The fraction of sp³-hybridized carbons (Fsp3) is 0.312. The van der Waals surface area contributed by atoms with Crippen LogP contribution in [0.2, 0.25) is 0 Å². The first-order valence-electron chi connectivity index (χ1n) is 25.9. The molecule has 2 fully saturated rings. The largest absolute Gasteiger partial charge is 0.374 e. The van der Waals surface area contributed by atoms with Crippen LogP contribution in [0.15, 0.2) is 225 Å². The molecule has 9 rings (SSSR count). The van der Waals surface area contributed by atoms with E-state index in [0.717, 1.165) is 38.9 Å². The van der Waals surface area contributed by atoms with Crippen molar-refractivity contribution in [3.05, 3.63) is 264 Å². The third-order valence-electron chi connectivity index (χ3n) is 13.1. The Morgan fingerprint density at radius 2 is 0.587 bits per heavy atom. The van der Waals surface area contributed by atoms with Gasteiger partial charge in [0.25, 0.3) is 0 Å². The van der Waals surface area contributed by atoms with Crippen molar-refractivity contribution in [2.45, 2.75) is 108 Å². The predicted molar refractivity (Wildman–Crippen MR) is 286 cm³/mol. The maximum atomic E-state index is 7.55. The molecule has 7 aromatic carbocycles. The maximum absolute atomic E-state index is 7.55. The molecule has 0 aliphatic carbocycles. The summed E-state index contributed by atoms with van der Waals surface area (Å²) in [5.41, 5.74) is 6.90. The average molecular weight is 1010 g/mol. The minimum Gasteiger partial charge on any atom is -0.374 e. The monoisotopic (exact) mass is 1010 g/mol. The zero-order valence-electron chi connectivity index (χ0n) is 42.3. The lowest BCUT2D eigenvalue weighted by molar-refractivity contribution is -0.377. The average Bonchev–Trinajstić information content (AvgIpc) is 3.47. The van der Waals surface area contributed by atoms with Crippen LogP contribution in [0.3, 0.4) is 0 Å². The molecule has 11 heteroatoms. The van der Waals surface area contributed by atoms with Crippen LogP contribution >= 0.6 is 0 Å². The van der Waals surface area contributed by atoms with Gasteiger partial charge in [-0.1, -0.05) is 218 Å². The fourth-order valence-electron chi connectivity index (χ4n) is 9.25. The van der Waals surface area contributed by atoms with Crippen LogP contribution in [0.1, 0.15) is 38.9 Å². The Balaban J connectivity index is 1.12. The Morgan fingerprint density at radius 1 is 0.307 bits per heavy atom. The number of hydrogen-bond donors (Lipinski definition) is 0. The van der Waals surface area contributed by atoms with Gasteiger partial charge in [-0.15, -0.1) is 6.58 Å². The van der Waals surface area contributed by atoms with Gasteiger partial charge in [-0.2, -0.15) is 0 Å². The summed E-state index contributed by atoms with van der Waals surface area (Å²) < 4.78 is 76.6. The second kappa shape index (κ2) is 29.2. The van der Waals surface area contributed by atoms with E-state index < -0.39 is 61.4 Å². The van der Waals surface area contributed by atoms with Gasteiger partial charge in [-0.05, 0) is 38.9 Å². The summed E-state index contributed by atoms with van der Waals surface area (Å²) in [6.45, 7) is 6.32. The number of hydrogen-bond acceptors (Lipinski definition) is 11. The number of ether oxygens (including phenoxy) is 11. The summed E-state index contributed by atoms with van der Waals surface area (Å²) in [6, 6.07) is 70.3. The van der Waals surface area contributed by atoms with Gasteiger partial charge in [0.1, 0.15) is 48.8 Å². The minimum atomic E-state index is -1.11. The molecule has 75 heavy (non-hydrogen) atoms. The summed E-state index contributed by atoms with van der Waals surface area (Å²) in [5.74, 6) is 0. The van der Waals surface area contributed by atoms with Crippen LogP contribution in [0.5, 0.6) is 0 Å². The molecule has 0 amide bonds. The fourth-order valence-corrected chi connectivity index (χ4v) is 9.25. The summed E-state index contributed by atoms with van der Waals surface area (Å²) in [7, 11) is 0. The van der Waals surface area contributed by atoms with Crippen molar-refractivity contribution in [1.29, 1.82) is 0 Å². The molecule has 2 heterocycles. The quantitative estimate of drug-likeness (QED) is 0.0438. The standard InChI is InChI=1S/C64H68O11/c1-2-38-67-63-61(71-44-53-34-20-8-21-35-53)60(70-43-52-32-18-7-19-33-52)58(56(73-63)47-66-40-49-26-12-4-13-27-49)75-64-62(72-45-54-36-22-9-23-37-54)59(69-42-51-30-16-6-17-31-51)57(68-41-50-28-14-5-15-29-50)55(74-64)46-65-39-48-24-10-3-11-25-48/h2-37,55-64H,1,38-47H2/t55-,56-,57-,58-,59+,60+,61-,62-,63?,64+/m1/s1. The highest BCUT2D eigenvalue weighted by molar-refractivity contribution is 5.19. The first-order chi connectivity index (χ1) is 37.2. The van der Waals surface area contributed by atoms with E-state index in [1.54, 1.807) is 6.08 Å². The Hall–Kier alpha value is -6.16. The van der Waals surface area contributed by atoms with E-state index in [0.29, 0.717) is 13.2 Å². The number of benzene rings is 7. The van der Waals surface area contributed by atoms with Gasteiger partial charge in [-0.25, -0.2) is 0 Å². The molecule has 1 unspecified atom stereocenters. The first kappa shape index (κ1) is 53.7. The van der Waals surface area contributed by atoms with E-state index in [2.05, 4.69) is 6.58 Å². The summed E-state index contributed by atoms with van der Waals surface area (Å²) in [4.78, 5) is 0. The van der Waals surface area contributed by atoms with Crippen molar-refractivity contribution in [2.75, 3.05) is 19.8 Å². The van der Waals surface area contributed by atoms with E-state index in [1.165, 1.54) is 0 Å². The van der Waals surface area contributed by atoms with E-state index >= 15 is 0 Å². The Kier molecular flexibility index (Phi) is 20.9. The lowest BCUT2D eigenvalue weighted by Crippen LogP contribution is -2.66. The van der Waals surface area contributed by atoms with Crippen molar-refractivity contribution in [3.63, 3.8) is 0 Å². The summed E-state index contributed by atoms with van der Waals surface area (Å²) >= 11 is 0. The molecule has 2 aliphatic rings. The lowest BCUT2D eigenvalue weighted by Gasteiger charge is -2.50. The molecule has 0 bridgehead atoms. The van der Waals surface area contributed by atoms with Crippen LogP contribution in [0.25, 0.3) is 0 Å². The van der Waals surface area contributed by atoms with Crippen LogP contribution < -0.4 is 0 Å². The zero-order chi connectivity index (χ0) is 51.1. The molecule has 0 saturated carbocycles. The van der Waals surface area contributed by atoms with Crippen LogP contribution in [-0.2, 0) is 98.4 Å². The Morgan fingerprint density at radius 3 is 0.947 bits per heavy atom. The van der Waals surface area contributed by atoms with Crippen LogP contribution in [0.4, 0.5) is 0 Å². The molecule has 7 aromatic rings. The first-order valence-corrected chi connectivity index (χ1v) is 25.9. The minimum absolute atomic E-state index is 0.104. The van der Waals surface area contributed by atoms with Crippen molar-refractivity contribution < 1.29 is 52.1 Å². The van der Waals surface area contributed by atoms with Crippen molar-refractivity contribution >= 4 is 0 Å². The second-order valence-electron chi connectivity index (χ2n) is 18.6. The molecule has 0 N–H and O–H groups in total. The normalized spacial score (nSPS) is 23.6. The molecule has 0 aromatic heterocycles. The third kappa shape index (κ3) is 16.2. The van der Waals surface area contributed by atoms with Gasteiger partial charge in [0.15, 0.2) is 12.6 Å². The molecule has 0 radical (unpaired) electrons. The second-order valence-corrected chi connectivity index (χ2v) is 18.6. The predicted octanol–water partition coefficient (Wildman–Crippen LogP) is 11.4. The highest BCUT2D eigenvalue weighted by Crippen LogP contribution is 2.37. The van der Waals surface area contributed by atoms with Gasteiger partial charge < -0.3 is 52.1 Å². The molecule has 2 aliphatic heterocycles. The van der Waals surface area contributed by atoms with E-state index in [9.17, 15) is 0 Å². The van der Waals surface area contributed by atoms with Crippen molar-refractivity contribution in [2.24, 2.45) is 0 Å². The highest BCUT2D eigenvalue weighted by atomic mass is 16.8. The number of rotatable bonds is 28. The molecule has 11 nitrogen and oxygen atoms in total. The van der Waals surface area contributed by atoms with Gasteiger partial charge >= 0.3 is 0 Å².